The summed E-state index contributed by atoms with van der Waals surface area (Å²) in [7, 11) is 1.48. The number of nitroso groups, excluding NO2 is 1. The smallest absolute Gasteiger partial charge is 0.267 e. The van der Waals surface area contributed by atoms with Crippen molar-refractivity contribution in [2.45, 2.75) is 19.4 Å². The van der Waals surface area contributed by atoms with E-state index in [1.807, 2.05) is 0 Å². The summed E-state index contributed by atoms with van der Waals surface area (Å²) in [6, 6.07) is 7.56. The number of benzene rings is 1. The Morgan fingerprint density at radius 2 is 2.15 bits per heavy atom. The first-order valence-electron chi connectivity index (χ1n) is 8.12. The molecule has 3 N–H and O–H groups in total. The highest BCUT2D eigenvalue weighted by Crippen LogP contribution is 2.22. The number of hydrogen-bond donors (Lipinski definition) is 2. The zero-order valence-corrected chi connectivity index (χ0v) is 14.9. The van der Waals surface area contributed by atoms with Gasteiger partial charge in [0.25, 0.3) is 5.91 Å². The second-order valence-electron chi connectivity index (χ2n) is 6.01. The molecular formula is C19H19FN4O3. The fourth-order valence-corrected chi connectivity index (χ4v) is 2.30. The van der Waals surface area contributed by atoms with Crippen LogP contribution in [0.25, 0.3) is 11.3 Å². The molecular weight excluding hydrogens is 351 g/mol. The first-order chi connectivity index (χ1) is 12.8. The highest BCUT2D eigenvalue weighted by Gasteiger charge is 2.10. The Morgan fingerprint density at radius 1 is 1.41 bits per heavy atom. The Kier molecular flexibility index (Phi) is 6.57. The van der Waals surface area contributed by atoms with E-state index in [0.29, 0.717) is 11.3 Å². The number of amides is 1. The molecule has 0 fully saturated rings. The number of aryl methyl sites for hydroxylation is 1. The third-order valence-electron chi connectivity index (χ3n) is 3.72. The van der Waals surface area contributed by atoms with Crippen LogP contribution in [0.1, 0.15) is 28.0 Å². The molecule has 0 aliphatic carbocycles. The molecule has 0 aliphatic rings. The maximum absolute atomic E-state index is 14.0. The molecule has 0 spiro atoms. The van der Waals surface area contributed by atoms with Gasteiger partial charge in [0.2, 0.25) is 0 Å². The van der Waals surface area contributed by atoms with Crippen LogP contribution in [0.4, 0.5) is 4.39 Å². The third kappa shape index (κ3) is 5.59. The summed E-state index contributed by atoms with van der Waals surface area (Å²) in [4.78, 5) is 25.9. The monoisotopic (exact) mass is 370 g/mol. The average molecular weight is 370 g/mol. The molecule has 27 heavy (non-hydrogen) atoms. The Morgan fingerprint density at radius 3 is 2.81 bits per heavy atom. The number of rotatable bonds is 6. The molecule has 8 heteroatoms. The molecule has 1 aromatic heterocycles. The van der Waals surface area contributed by atoms with Crippen LogP contribution in [0.3, 0.4) is 0 Å². The molecule has 1 amide bonds. The number of nitrogens with zero attached hydrogens (tertiary/aromatic N) is 3. The number of hydrogen-bond acceptors (Lipinski definition) is 5. The van der Waals surface area contributed by atoms with Gasteiger partial charge in [-0.05, 0) is 42.8 Å². The SMILES string of the molecule is Cc1cc(C(N)=O)nc(-c2ccc(F)c(C#C[C@H](O)CCN(C)N=O)c2)c1. The first-order valence-corrected chi connectivity index (χ1v) is 8.12. The number of primary amides is 1. The quantitative estimate of drug-likeness (QED) is 0.459. The van der Waals surface area contributed by atoms with Crippen LogP contribution >= 0.6 is 0 Å². The van der Waals surface area contributed by atoms with Crippen LogP contribution in [0, 0.1) is 29.5 Å². The van der Waals surface area contributed by atoms with E-state index in [9.17, 15) is 19.2 Å². The fraction of sp³-hybridized carbons (Fsp3) is 0.263. The maximum Gasteiger partial charge on any atom is 0.267 e. The van der Waals surface area contributed by atoms with Gasteiger partial charge in [-0.3, -0.25) is 9.80 Å². The van der Waals surface area contributed by atoms with Gasteiger partial charge in [0, 0.05) is 25.6 Å². The Balaban J connectivity index is 2.28. The van der Waals surface area contributed by atoms with E-state index in [0.717, 1.165) is 10.6 Å². The number of aliphatic hydroxyl groups is 1. The minimum absolute atomic E-state index is 0.0809. The van der Waals surface area contributed by atoms with Gasteiger partial charge in [0.1, 0.15) is 17.6 Å². The summed E-state index contributed by atoms with van der Waals surface area (Å²) < 4.78 is 14.0. The van der Waals surface area contributed by atoms with Crippen LogP contribution in [0.5, 0.6) is 0 Å². The number of nitrogens with two attached hydrogens (primary N) is 1. The van der Waals surface area contributed by atoms with Gasteiger partial charge in [-0.1, -0.05) is 11.8 Å². The van der Waals surface area contributed by atoms with Crippen LogP contribution in [0.15, 0.2) is 35.6 Å². The largest absolute Gasteiger partial charge is 0.380 e. The summed E-state index contributed by atoms with van der Waals surface area (Å²) in [6.07, 6.45) is -0.839. The van der Waals surface area contributed by atoms with E-state index in [4.69, 9.17) is 5.73 Å². The molecule has 1 atom stereocenters. The lowest BCUT2D eigenvalue weighted by molar-refractivity contribution is 0.0995. The van der Waals surface area contributed by atoms with E-state index in [1.54, 1.807) is 19.1 Å². The molecule has 0 saturated heterocycles. The second kappa shape index (κ2) is 8.87. The lowest BCUT2D eigenvalue weighted by atomic mass is 10.0. The van der Waals surface area contributed by atoms with Crippen molar-refractivity contribution in [3.05, 3.63) is 57.9 Å². The molecule has 0 saturated carbocycles. The summed E-state index contributed by atoms with van der Waals surface area (Å²) in [5.74, 6) is 3.93. The van der Waals surface area contributed by atoms with Gasteiger partial charge in [-0.2, -0.15) is 0 Å². The summed E-state index contributed by atoms with van der Waals surface area (Å²) in [5.41, 5.74) is 7.29. The minimum Gasteiger partial charge on any atom is -0.380 e. The van der Waals surface area contributed by atoms with E-state index >= 15 is 0 Å². The topological polar surface area (TPSA) is 109 Å². The van der Waals surface area contributed by atoms with Gasteiger partial charge in [-0.15, -0.1) is 4.91 Å². The average Bonchev–Trinajstić information content (AvgIpc) is 2.64. The van der Waals surface area contributed by atoms with Crippen molar-refractivity contribution in [1.82, 2.24) is 9.99 Å². The molecule has 2 rings (SSSR count). The van der Waals surface area contributed by atoms with Crippen molar-refractivity contribution >= 4 is 5.91 Å². The fourth-order valence-electron chi connectivity index (χ4n) is 2.30. The van der Waals surface area contributed by atoms with Crippen LogP contribution in [-0.2, 0) is 0 Å². The summed E-state index contributed by atoms with van der Waals surface area (Å²) in [6.45, 7) is 2.02. The standard InChI is InChI=1S/C19H19FN4O3/c1-12-9-17(22-18(10-12)19(21)26)14-4-6-16(20)13(11-14)3-5-15(25)7-8-24(2)23-27/h4,6,9-11,15,25H,7-8H2,1-2H3,(H2,21,26)/t15-/m0/s1. The molecule has 0 bridgehead atoms. The van der Waals surface area contributed by atoms with Crippen LogP contribution in [0.2, 0.25) is 0 Å². The van der Waals surface area contributed by atoms with Gasteiger partial charge in [0.15, 0.2) is 0 Å². The van der Waals surface area contributed by atoms with Crippen molar-refractivity contribution in [3.8, 4) is 23.1 Å². The zero-order chi connectivity index (χ0) is 20.0. The van der Waals surface area contributed by atoms with Gasteiger partial charge in [-0.25, -0.2) is 9.37 Å². The number of aromatic nitrogens is 1. The van der Waals surface area contributed by atoms with Gasteiger partial charge < -0.3 is 10.8 Å². The molecule has 0 aliphatic heterocycles. The normalized spacial score (nSPS) is 11.3. The molecule has 1 heterocycles. The molecule has 7 nitrogen and oxygen atoms in total. The Bertz CT molecular complexity index is 921. The van der Waals surface area contributed by atoms with Crippen molar-refractivity contribution in [1.29, 1.82) is 0 Å². The van der Waals surface area contributed by atoms with Crippen LogP contribution < -0.4 is 5.73 Å². The van der Waals surface area contributed by atoms with Crippen molar-refractivity contribution in [2.24, 2.45) is 11.0 Å². The van der Waals surface area contributed by atoms with Crippen molar-refractivity contribution < 1.29 is 14.3 Å². The Hall–Kier alpha value is -3.31. The predicted octanol–water partition coefficient (Wildman–Crippen LogP) is 2.01. The van der Waals surface area contributed by atoms with E-state index in [1.165, 1.54) is 25.2 Å². The number of pyridine rings is 1. The third-order valence-corrected chi connectivity index (χ3v) is 3.72. The molecule has 140 valence electrons. The van der Waals surface area contributed by atoms with Crippen molar-refractivity contribution in [2.75, 3.05) is 13.6 Å². The predicted molar refractivity (Wildman–Crippen MR) is 98.8 cm³/mol. The Labute approximate surface area is 156 Å². The number of carbonyl (C=O) groups excluding carboxylic acids is 1. The summed E-state index contributed by atoms with van der Waals surface area (Å²) >= 11 is 0. The molecule has 2 aromatic rings. The zero-order valence-electron chi connectivity index (χ0n) is 14.9. The molecule has 0 unspecified atom stereocenters. The maximum atomic E-state index is 14.0. The van der Waals surface area contributed by atoms with Gasteiger partial charge >= 0.3 is 0 Å². The van der Waals surface area contributed by atoms with E-state index < -0.39 is 17.8 Å². The van der Waals surface area contributed by atoms with E-state index in [2.05, 4.69) is 22.1 Å². The van der Waals surface area contributed by atoms with Crippen LogP contribution in [-0.4, -0.2) is 40.7 Å². The number of halogens is 1. The van der Waals surface area contributed by atoms with Gasteiger partial charge in [0.05, 0.1) is 16.5 Å². The first kappa shape index (κ1) is 20.0. The minimum atomic E-state index is -1.03. The number of carbonyl (C=O) groups is 1. The second-order valence-corrected chi connectivity index (χ2v) is 6.01. The summed E-state index contributed by atoms with van der Waals surface area (Å²) in [5, 5.41) is 13.7. The lowest BCUT2D eigenvalue weighted by Crippen LogP contribution is -2.17. The molecule has 1 aromatic carbocycles. The highest BCUT2D eigenvalue weighted by atomic mass is 19.1. The lowest BCUT2D eigenvalue weighted by Gasteiger charge is -2.09. The van der Waals surface area contributed by atoms with Crippen molar-refractivity contribution in [3.63, 3.8) is 0 Å². The molecule has 0 radical (unpaired) electrons. The highest BCUT2D eigenvalue weighted by molar-refractivity contribution is 5.91. The number of aliphatic hydroxyl groups excluding tert-OH is 1. The van der Waals surface area contributed by atoms with E-state index in [-0.39, 0.29) is 24.2 Å².